The van der Waals surface area contributed by atoms with E-state index in [0.29, 0.717) is 34.7 Å². The van der Waals surface area contributed by atoms with Gasteiger partial charge in [-0.05, 0) is 48.7 Å². The molecule has 6 nitrogen and oxygen atoms in total. The lowest BCUT2D eigenvalue weighted by atomic mass is 9.98. The van der Waals surface area contributed by atoms with Crippen LogP contribution in [0.3, 0.4) is 0 Å². The highest BCUT2D eigenvalue weighted by molar-refractivity contribution is 6.31. The molecule has 0 bridgehead atoms. The molecular weight excluding hydrogens is 394 g/mol. The molecule has 29 heavy (non-hydrogen) atoms. The van der Waals surface area contributed by atoms with Crippen molar-refractivity contribution in [1.82, 2.24) is 4.90 Å². The van der Waals surface area contributed by atoms with Crippen LogP contribution in [-0.2, 0) is 4.74 Å². The van der Waals surface area contributed by atoms with Crippen molar-refractivity contribution in [3.8, 4) is 5.75 Å². The van der Waals surface area contributed by atoms with E-state index in [4.69, 9.17) is 20.8 Å². The molecule has 0 saturated carbocycles. The van der Waals surface area contributed by atoms with Gasteiger partial charge >= 0.3 is 0 Å². The Morgan fingerprint density at radius 3 is 2.79 bits per heavy atom. The third-order valence-electron chi connectivity index (χ3n) is 5.54. The number of halogens is 1. The SMILES string of the molecule is O=C1c2oc3ccc(Cl)cc3c(=O)c2[C@@H](c2cccc(O)c2)N1C[C@H]1CCCO1. The predicted molar refractivity (Wildman–Crippen MR) is 107 cm³/mol. The summed E-state index contributed by atoms with van der Waals surface area (Å²) in [5.74, 6) is -0.248. The van der Waals surface area contributed by atoms with Crippen LogP contribution in [0.1, 0.15) is 40.6 Å². The number of aromatic hydroxyl groups is 1. The average molecular weight is 412 g/mol. The van der Waals surface area contributed by atoms with E-state index >= 15 is 0 Å². The molecule has 3 heterocycles. The van der Waals surface area contributed by atoms with Crippen LogP contribution in [0, 0.1) is 0 Å². The zero-order valence-electron chi connectivity index (χ0n) is 15.4. The topological polar surface area (TPSA) is 80.0 Å². The number of carbonyl (C=O) groups is 1. The zero-order valence-corrected chi connectivity index (χ0v) is 16.2. The maximum Gasteiger partial charge on any atom is 0.291 e. The summed E-state index contributed by atoms with van der Waals surface area (Å²) < 4.78 is 11.6. The molecule has 7 heteroatoms. The molecule has 0 spiro atoms. The lowest BCUT2D eigenvalue weighted by molar-refractivity contribution is 0.0486. The summed E-state index contributed by atoms with van der Waals surface area (Å²) in [6.07, 6.45) is 1.70. The predicted octanol–water partition coefficient (Wildman–Crippen LogP) is 3.88. The van der Waals surface area contributed by atoms with Gasteiger partial charge in [-0.15, -0.1) is 0 Å². The van der Waals surface area contributed by atoms with E-state index in [9.17, 15) is 14.7 Å². The van der Waals surface area contributed by atoms with E-state index < -0.39 is 6.04 Å². The van der Waals surface area contributed by atoms with Gasteiger partial charge < -0.3 is 19.2 Å². The van der Waals surface area contributed by atoms with Crippen molar-refractivity contribution < 1.29 is 19.1 Å². The molecule has 3 aromatic rings. The summed E-state index contributed by atoms with van der Waals surface area (Å²) in [5.41, 5.74) is 0.942. The number of hydrogen-bond donors (Lipinski definition) is 1. The monoisotopic (exact) mass is 411 g/mol. The number of hydrogen-bond acceptors (Lipinski definition) is 5. The first-order valence-corrected chi connectivity index (χ1v) is 9.88. The summed E-state index contributed by atoms with van der Waals surface area (Å²) in [5, 5.41) is 10.7. The number of rotatable bonds is 3. The van der Waals surface area contributed by atoms with Crippen LogP contribution in [0.25, 0.3) is 11.0 Å². The van der Waals surface area contributed by atoms with Crippen LogP contribution in [0.15, 0.2) is 51.7 Å². The molecular formula is C22H18ClNO5. The lowest BCUT2D eigenvalue weighted by Crippen LogP contribution is -2.36. The number of amides is 1. The molecule has 1 aromatic heterocycles. The van der Waals surface area contributed by atoms with Gasteiger partial charge in [0.25, 0.3) is 5.91 Å². The van der Waals surface area contributed by atoms with Gasteiger partial charge in [-0.3, -0.25) is 9.59 Å². The van der Waals surface area contributed by atoms with Gasteiger partial charge in [0.1, 0.15) is 11.3 Å². The second-order valence-electron chi connectivity index (χ2n) is 7.40. The fourth-order valence-corrected chi connectivity index (χ4v) is 4.40. The lowest BCUT2D eigenvalue weighted by Gasteiger charge is -2.27. The Morgan fingerprint density at radius 2 is 2.03 bits per heavy atom. The summed E-state index contributed by atoms with van der Waals surface area (Å²) >= 11 is 6.08. The van der Waals surface area contributed by atoms with Crippen LogP contribution in [0.5, 0.6) is 5.75 Å². The van der Waals surface area contributed by atoms with Crippen molar-refractivity contribution in [2.24, 2.45) is 0 Å². The van der Waals surface area contributed by atoms with E-state index in [0.717, 1.165) is 12.8 Å². The van der Waals surface area contributed by atoms with Crippen LogP contribution < -0.4 is 5.43 Å². The molecule has 148 valence electrons. The van der Waals surface area contributed by atoms with Crippen molar-refractivity contribution >= 4 is 28.5 Å². The van der Waals surface area contributed by atoms with Crippen LogP contribution in [0.4, 0.5) is 0 Å². The molecule has 2 aliphatic heterocycles. The van der Waals surface area contributed by atoms with Crippen molar-refractivity contribution in [2.45, 2.75) is 25.0 Å². The van der Waals surface area contributed by atoms with Crippen molar-refractivity contribution in [3.63, 3.8) is 0 Å². The van der Waals surface area contributed by atoms with Crippen molar-refractivity contribution in [3.05, 3.63) is 74.6 Å². The molecule has 0 aliphatic carbocycles. The van der Waals surface area contributed by atoms with E-state index in [1.165, 1.54) is 0 Å². The number of carbonyl (C=O) groups excluding carboxylic acids is 1. The van der Waals surface area contributed by atoms with Crippen molar-refractivity contribution in [1.29, 1.82) is 0 Å². The van der Waals surface area contributed by atoms with Gasteiger partial charge in [0, 0.05) is 18.2 Å². The summed E-state index contributed by atoms with van der Waals surface area (Å²) in [4.78, 5) is 28.3. The molecule has 1 saturated heterocycles. The van der Waals surface area contributed by atoms with E-state index in [1.807, 2.05) is 0 Å². The molecule has 2 aromatic carbocycles. The van der Waals surface area contributed by atoms with Gasteiger partial charge in [-0.2, -0.15) is 0 Å². The van der Waals surface area contributed by atoms with E-state index in [2.05, 4.69) is 0 Å². The maximum absolute atomic E-state index is 13.4. The average Bonchev–Trinajstić information content (AvgIpc) is 3.31. The molecule has 2 atom stereocenters. The van der Waals surface area contributed by atoms with E-state index in [-0.39, 0.29) is 34.5 Å². The Morgan fingerprint density at radius 1 is 1.17 bits per heavy atom. The number of benzene rings is 2. The second-order valence-corrected chi connectivity index (χ2v) is 7.84. The van der Waals surface area contributed by atoms with Gasteiger partial charge in [0.15, 0.2) is 5.43 Å². The number of nitrogens with zero attached hydrogens (tertiary/aromatic N) is 1. The minimum absolute atomic E-state index is 0.0381. The summed E-state index contributed by atoms with van der Waals surface area (Å²) in [6, 6.07) is 10.7. The Kier molecular flexibility index (Phi) is 4.33. The minimum atomic E-state index is -0.659. The number of fused-ring (bicyclic) bond motifs is 2. The molecule has 1 fully saturated rings. The Hall–Kier alpha value is -2.83. The Labute approximate surface area is 171 Å². The molecule has 1 N–H and O–H groups in total. The molecule has 5 rings (SSSR count). The number of ether oxygens (including phenoxy) is 1. The highest BCUT2D eigenvalue weighted by Gasteiger charge is 2.44. The van der Waals surface area contributed by atoms with Gasteiger partial charge in [-0.1, -0.05) is 23.7 Å². The van der Waals surface area contributed by atoms with Gasteiger partial charge in [0.05, 0.1) is 23.1 Å². The first kappa shape index (κ1) is 18.2. The third kappa shape index (κ3) is 2.99. The van der Waals surface area contributed by atoms with Gasteiger partial charge in [-0.25, -0.2) is 0 Å². The van der Waals surface area contributed by atoms with Crippen molar-refractivity contribution in [2.75, 3.05) is 13.2 Å². The first-order chi connectivity index (χ1) is 14.0. The fourth-order valence-electron chi connectivity index (χ4n) is 4.23. The molecule has 1 amide bonds. The number of phenolic OH excluding ortho intramolecular Hbond substituents is 1. The summed E-state index contributed by atoms with van der Waals surface area (Å²) in [6.45, 7) is 1.01. The molecule has 0 radical (unpaired) electrons. The molecule has 0 unspecified atom stereocenters. The van der Waals surface area contributed by atoms with Crippen LogP contribution in [-0.4, -0.2) is 35.2 Å². The number of phenols is 1. The fraction of sp³-hybridized carbons (Fsp3) is 0.273. The molecule has 2 aliphatic rings. The summed E-state index contributed by atoms with van der Waals surface area (Å²) in [7, 11) is 0. The first-order valence-electron chi connectivity index (χ1n) is 9.50. The van der Waals surface area contributed by atoms with Gasteiger partial charge in [0.2, 0.25) is 5.76 Å². The van der Waals surface area contributed by atoms with E-state index in [1.54, 1.807) is 47.4 Å². The third-order valence-corrected chi connectivity index (χ3v) is 5.77. The quantitative estimate of drug-likeness (QED) is 0.707. The van der Waals surface area contributed by atoms with Crippen LogP contribution >= 0.6 is 11.6 Å². The smallest absolute Gasteiger partial charge is 0.291 e. The zero-order chi connectivity index (χ0) is 20.1. The minimum Gasteiger partial charge on any atom is -0.508 e. The van der Waals surface area contributed by atoms with Crippen LogP contribution in [0.2, 0.25) is 5.02 Å². The highest BCUT2D eigenvalue weighted by Crippen LogP contribution is 2.39. The normalized spacial score (nSPS) is 21.1. The maximum atomic E-state index is 13.4. The standard InChI is InChI=1S/C22H18ClNO5/c23-13-6-7-17-16(10-13)20(26)18-19(12-3-1-4-14(25)9-12)24(22(27)21(18)29-17)11-15-5-2-8-28-15/h1,3-4,6-7,9-10,15,19,25H,2,5,8,11H2/t15-,19-/m1/s1. The highest BCUT2D eigenvalue weighted by atomic mass is 35.5. The second kappa shape index (κ2) is 6.90. The Balaban J connectivity index is 1.72. The Bertz CT molecular complexity index is 1180. The largest absolute Gasteiger partial charge is 0.508 e.